The fraction of sp³-hybridized carbons (Fsp3) is 0.231. The average Bonchev–Trinajstić information content (AvgIpc) is 2.88. The smallest absolute Gasteiger partial charge is 0.271 e. The second-order valence-corrected chi connectivity index (χ2v) is 4.95. The van der Waals surface area contributed by atoms with Crippen LogP contribution in [0.15, 0.2) is 34.9 Å². The normalized spacial score (nSPS) is 10.5. The summed E-state index contributed by atoms with van der Waals surface area (Å²) in [5.74, 6) is -0.198. The summed E-state index contributed by atoms with van der Waals surface area (Å²) >= 11 is 3.44. The highest BCUT2D eigenvalue weighted by Crippen LogP contribution is 2.20. The van der Waals surface area contributed by atoms with E-state index in [2.05, 4.69) is 26.3 Å². The van der Waals surface area contributed by atoms with E-state index in [1.54, 1.807) is 24.0 Å². The lowest BCUT2D eigenvalue weighted by Crippen LogP contribution is -2.18. The maximum atomic E-state index is 11.5. The van der Waals surface area contributed by atoms with E-state index in [4.69, 9.17) is 5.73 Å². The van der Waals surface area contributed by atoms with Crippen LogP contribution in [0.4, 0.5) is 0 Å². The summed E-state index contributed by atoms with van der Waals surface area (Å²) in [4.78, 5) is 11.5. The van der Waals surface area contributed by atoms with E-state index in [-0.39, 0.29) is 5.91 Å². The number of rotatable bonds is 4. The average molecular weight is 323 g/mol. The minimum Gasteiger partial charge on any atom is -0.354 e. The maximum absolute atomic E-state index is 11.5. The van der Waals surface area contributed by atoms with Crippen LogP contribution in [0.25, 0.3) is 5.69 Å². The highest BCUT2D eigenvalue weighted by Gasteiger charge is 2.10. The van der Waals surface area contributed by atoms with Crippen LogP contribution in [-0.2, 0) is 6.42 Å². The second-order valence-electron chi connectivity index (χ2n) is 4.04. The molecule has 3 N–H and O–H groups in total. The van der Waals surface area contributed by atoms with Crippen molar-refractivity contribution >= 4 is 21.8 Å². The van der Waals surface area contributed by atoms with Crippen LogP contribution < -0.4 is 11.1 Å². The van der Waals surface area contributed by atoms with Crippen molar-refractivity contribution in [2.24, 2.45) is 5.73 Å². The number of nitrogens with one attached hydrogen (secondary N) is 1. The van der Waals surface area contributed by atoms with Crippen molar-refractivity contribution in [2.45, 2.75) is 6.42 Å². The van der Waals surface area contributed by atoms with Crippen molar-refractivity contribution in [3.63, 3.8) is 0 Å². The molecule has 0 radical (unpaired) electrons. The molecule has 0 aliphatic carbocycles. The molecule has 19 heavy (non-hydrogen) atoms. The van der Waals surface area contributed by atoms with Crippen molar-refractivity contribution in [2.75, 3.05) is 13.6 Å². The molecule has 2 aromatic rings. The quantitative estimate of drug-likeness (QED) is 0.895. The first kappa shape index (κ1) is 13.8. The van der Waals surface area contributed by atoms with Gasteiger partial charge in [-0.2, -0.15) is 5.10 Å². The Kier molecular flexibility index (Phi) is 4.34. The van der Waals surface area contributed by atoms with E-state index >= 15 is 0 Å². The van der Waals surface area contributed by atoms with Gasteiger partial charge in [0.1, 0.15) is 0 Å². The fourth-order valence-corrected chi connectivity index (χ4v) is 2.25. The molecule has 0 saturated carbocycles. The van der Waals surface area contributed by atoms with Crippen molar-refractivity contribution < 1.29 is 4.79 Å². The molecule has 6 heteroatoms. The molecule has 1 aromatic heterocycles. The number of carbonyl (C=O) groups is 1. The van der Waals surface area contributed by atoms with Crippen LogP contribution in [0.1, 0.15) is 16.1 Å². The zero-order chi connectivity index (χ0) is 13.8. The number of benzene rings is 1. The summed E-state index contributed by atoms with van der Waals surface area (Å²) in [6.45, 7) is 0.563. The number of amides is 1. The lowest BCUT2D eigenvalue weighted by molar-refractivity contribution is 0.0957. The molecule has 0 aliphatic rings. The Balaban J connectivity index is 2.40. The number of hydrogen-bond acceptors (Lipinski definition) is 3. The predicted octanol–water partition coefficient (Wildman–Crippen LogP) is 1.50. The summed E-state index contributed by atoms with van der Waals surface area (Å²) in [6.07, 6.45) is 2.53. The number of nitrogens with two attached hydrogens (primary N) is 1. The largest absolute Gasteiger partial charge is 0.354 e. The number of nitrogens with zero attached hydrogens (tertiary/aromatic N) is 2. The molecule has 2 rings (SSSR count). The molecule has 0 unspecified atom stereocenters. The van der Waals surface area contributed by atoms with E-state index in [9.17, 15) is 4.79 Å². The Morgan fingerprint density at radius 2 is 2.26 bits per heavy atom. The summed E-state index contributed by atoms with van der Waals surface area (Å²) < 4.78 is 2.69. The minimum atomic E-state index is -0.198. The van der Waals surface area contributed by atoms with E-state index in [1.807, 2.05) is 18.2 Å². The monoisotopic (exact) mass is 322 g/mol. The van der Waals surface area contributed by atoms with Gasteiger partial charge in [0, 0.05) is 17.7 Å². The van der Waals surface area contributed by atoms with Crippen LogP contribution in [-0.4, -0.2) is 29.3 Å². The van der Waals surface area contributed by atoms with Gasteiger partial charge in [0.05, 0.1) is 5.69 Å². The molecule has 0 spiro atoms. The summed E-state index contributed by atoms with van der Waals surface area (Å²) in [6, 6.07) is 7.60. The van der Waals surface area contributed by atoms with Crippen molar-refractivity contribution in [1.29, 1.82) is 0 Å². The third-order valence-electron chi connectivity index (χ3n) is 2.75. The third kappa shape index (κ3) is 3.02. The molecular weight excluding hydrogens is 308 g/mol. The summed E-state index contributed by atoms with van der Waals surface area (Å²) in [5, 5.41) is 6.83. The van der Waals surface area contributed by atoms with Crippen molar-refractivity contribution in [3.05, 3.63) is 46.2 Å². The molecule has 1 amide bonds. The fourth-order valence-electron chi connectivity index (χ4n) is 1.84. The zero-order valence-corrected chi connectivity index (χ0v) is 12.1. The summed E-state index contributed by atoms with van der Waals surface area (Å²) in [5.41, 5.74) is 8.04. The third-order valence-corrected chi connectivity index (χ3v) is 3.24. The van der Waals surface area contributed by atoms with Gasteiger partial charge in [-0.3, -0.25) is 4.79 Å². The Labute approximate surface area is 119 Å². The molecule has 0 fully saturated rings. The molecule has 0 bridgehead atoms. The van der Waals surface area contributed by atoms with E-state index < -0.39 is 0 Å². The highest BCUT2D eigenvalue weighted by molar-refractivity contribution is 9.10. The van der Waals surface area contributed by atoms with Crippen LogP contribution in [0.5, 0.6) is 0 Å². The van der Waals surface area contributed by atoms with Gasteiger partial charge in [0.15, 0.2) is 5.69 Å². The van der Waals surface area contributed by atoms with Gasteiger partial charge in [-0.1, -0.05) is 15.9 Å². The molecule has 0 atom stereocenters. The van der Waals surface area contributed by atoms with Crippen LogP contribution >= 0.6 is 15.9 Å². The van der Waals surface area contributed by atoms with Crippen molar-refractivity contribution in [3.8, 4) is 5.69 Å². The SMILES string of the molecule is CNC(=O)c1ccn(-c2ccc(Br)cc2CCN)n1. The lowest BCUT2D eigenvalue weighted by atomic mass is 10.1. The van der Waals surface area contributed by atoms with Gasteiger partial charge < -0.3 is 11.1 Å². The molecule has 0 aliphatic heterocycles. The Hall–Kier alpha value is -1.66. The van der Waals surface area contributed by atoms with Crippen LogP contribution in [0.2, 0.25) is 0 Å². The van der Waals surface area contributed by atoms with Gasteiger partial charge >= 0.3 is 0 Å². The van der Waals surface area contributed by atoms with Gasteiger partial charge in [0.25, 0.3) is 5.91 Å². The molecule has 1 heterocycles. The Morgan fingerprint density at radius 3 is 2.95 bits per heavy atom. The standard InChI is InChI=1S/C13H15BrN4O/c1-16-13(19)11-5-7-18(17-11)12-3-2-10(14)8-9(12)4-6-15/h2-3,5,7-8H,4,6,15H2,1H3,(H,16,19). The Bertz CT molecular complexity index is 594. The maximum Gasteiger partial charge on any atom is 0.271 e. The van der Waals surface area contributed by atoms with Gasteiger partial charge in [-0.15, -0.1) is 0 Å². The zero-order valence-electron chi connectivity index (χ0n) is 10.6. The number of carbonyl (C=O) groups excluding carboxylic acids is 1. The lowest BCUT2D eigenvalue weighted by Gasteiger charge is -2.09. The number of halogens is 1. The van der Waals surface area contributed by atoms with Gasteiger partial charge in [-0.05, 0) is 42.8 Å². The van der Waals surface area contributed by atoms with E-state index in [0.29, 0.717) is 12.2 Å². The van der Waals surface area contributed by atoms with Gasteiger partial charge in [-0.25, -0.2) is 4.68 Å². The Morgan fingerprint density at radius 1 is 1.47 bits per heavy atom. The second kappa shape index (κ2) is 5.99. The topological polar surface area (TPSA) is 72.9 Å². The molecule has 0 saturated heterocycles. The van der Waals surface area contributed by atoms with E-state index in [1.165, 1.54) is 0 Å². The molecule has 100 valence electrons. The van der Waals surface area contributed by atoms with E-state index in [0.717, 1.165) is 22.1 Å². The number of hydrogen-bond donors (Lipinski definition) is 2. The molecule has 5 nitrogen and oxygen atoms in total. The minimum absolute atomic E-state index is 0.198. The first-order valence-electron chi connectivity index (χ1n) is 5.92. The molecular formula is C13H15BrN4O. The highest BCUT2D eigenvalue weighted by atomic mass is 79.9. The molecule has 1 aromatic carbocycles. The van der Waals surface area contributed by atoms with Crippen LogP contribution in [0.3, 0.4) is 0 Å². The first-order chi connectivity index (χ1) is 9.15. The van der Waals surface area contributed by atoms with Crippen LogP contribution in [0, 0.1) is 0 Å². The van der Waals surface area contributed by atoms with Crippen molar-refractivity contribution in [1.82, 2.24) is 15.1 Å². The predicted molar refractivity (Wildman–Crippen MR) is 77.4 cm³/mol. The number of aromatic nitrogens is 2. The first-order valence-corrected chi connectivity index (χ1v) is 6.71. The summed E-state index contributed by atoms with van der Waals surface area (Å²) in [7, 11) is 1.58. The van der Waals surface area contributed by atoms with Gasteiger partial charge in [0.2, 0.25) is 0 Å².